The summed E-state index contributed by atoms with van der Waals surface area (Å²) in [6.45, 7) is 0.960. The quantitative estimate of drug-likeness (QED) is 0.489. The number of amides is 2. The summed E-state index contributed by atoms with van der Waals surface area (Å²) in [6, 6.07) is 16.6. The van der Waals surface area contributed by atoms with Gasteiger partial charge < -0.3 is 29.2 Å². The van der Waals surface area contributed by atoms with Crippen molar-refractivity contribution in [1.82, 2.24) is 10.2 Å². The number of hydrogen-bond donors (Lipinski definition) is 1. The average molecular weight is 517 g/mol. The molecule has 2 aliphatic heterocycles. The number of hydrogen-bond acceptors (Lipinski definition) is 6. The predicted octanol–water partition coefficient (Wildman–Crippen LogP) is 3.92. The van der Waals surface area contributed by atoms with E-state index in [4.69, 9.17) is 18.9 Å². The molecule has 3 aromatic rings. The lowest BCUT2D eigenvalue weighted by molar-refractivity contribution is -0.124. The Labute approximate surface area is 222 Å². The van der Waals surface area contributed by atoms with E-state index in [1.54, 1.807) is 28.4 Å². The molecule has 0 radical (unpaired) electrons. The van der Waals surface area contributed by atoms with Gasteiger partial charge in [-0.1, -0.05) is 24.3 Å². The van der Waals surface area contributed by atoms with Crippen LogP contribution in [0.15, 0.2) is 54.6 Å². The second kappa shape index (κ2) is 10.7. The molecule has 0 unspecified atom stereocenters. The molecule has 2 heterocycles. The zero-order chi connectivity index (χ0) is 26.8. The number of carbonyl (C=O) groups is 2. The van der Waals surface area contributed by atoms with E-state index in [0.717, 1.165) is 22.3 Å². The van der Waals surface area contributed by atoms with Gasteiger partial charge in [-0.2, -0.15) is 0 Å². The van der Waals surface area contributed by atoms with Crippen molar-refractivity contribution < 1.29 is 28.5 Å². The highest BCUT2D eigenvalue weighted by Crippen LogP contribution is 2.48. The SMILES string of the molecule is COc1ccc(CCNC(=O)[C@@H]2c3ccccc3C(=O)N3CCc4cc(OC)c(OC)cc4[C@@H]23)cc1OC. The first-order valence-electron chi connectivity index (χ1n) is 12.6. The summed E-state index contributed by atoms with van der Waals surface area (Å²) in [5, 5.41) is 3.13. The van der Waals surface area contributed by atoms with Gasteiger partial charge in [0.2, 0.25) is 5.91 Å². The van der Waals surface area contributed by atoms with Crippen LogP contribution in [0, 0.1) is 0 Å². The Hall–Kier alpha value is -4.20. The maximum absolute atomic E-state index is 13.9. The molecule has 38 heavy (non-hydrogen) atoms. The summed E-state index contributed by atoms with van der Waals surface area (Å²) in [6.07, 6.45) is 1.29. The first-order chi connectivity index (χ1) is 18.5. The van der Waals surface area contributed by atoms with E-state index in [1.165, 1.54) is 0 Å². The number of nitrogens with zero attached hydrogens (tertiary/aromatic N) is 1. The van der Waals surface area contributed by atoms with Crippen LogP contribution in [0.5, 0.6) is 23.0 Å². The molecule has 0 saturated heterocycles. The van der Waals surface area contributed by atoms with Crippen molar-refractivity contribution in [1.29, 1.82) is 0 Å². The number of methoxy groups -OCH3 is 4. The van der Waals surface area contributed by atoms with Crippen molar-refractivity contribution in [2.24, 2.45) is 0 Å². The molecule has 198 valence electrons. The summed E-state index contributed by atoms with van der Waals surface area (Å²) in [5.74, 6) is 1.78. The molecule has 0 aliphatic carbocycles. The number of nitrogens with one attached hydrogen (secondary N) is 1. The summed E-state index contributed by atoms with van der Waals surface area (Å²) in [5.41, 5.74) is 4.30. The fraction of sp³-hybridized carbons (Fsp3) is 0.333. The molecule has 1 N–H and O–H groups in total. The van der Waals surface area contributed by atoms with Gasteiger partial charge in [-0.3, -0.25) is 9.59 Å². The predicted molar refractivity (Wildman–Crippen MR) is 142 cm³/mol. The maximum Gasteiger partial charge on any atom is 0.254 e. The van der Waals surface area contributed by atoms with Crippen LogP contribution in [-0.2, 0) is 17.6 Å². The van der Waals surface area contributed by atoms with Crippen LogP contribution in [0.1, 0.15) is 44.6 Å². The molecule has 2 amide bonds. The largest absolute Gasteiger partial charge is 0.493 e. The second-order valence-corrected chi connectivity index (χ2v) is 9.39. The fourth-order valence-corrected chi connectivity index (χ4v) is 5.61. The van der Waals surface area contributed by atoms with Crippen molar-refractivity contribution in [2.45, 2.75) is 24.8 Å². The van der Waals surface area contributed by atoms with Gasteiger partial charge in [0.1, 0.15) is 0 Å². The summed E-state index contributed by atoms with van der Waals surface area (Å²) >= 11 is 0. The van der Waals surface area contributed by atoms with Gasteiger partial charge in [-0.15, -0.1) is 0 Å². The Kier molecular flexibility index (Phi) is 7.13. The summed E-state index contributed by atoms with van der Waals surface area (Å²) in [4.78, 5) is 29.2. The highest BCUT2D eigenvalue weighted by Gasteiger charge is 2.46. The lowest BCUT2D eigenvalue weighted by Gasteiger charge is -2.45. The summed E-state index contributed by atoms with van der Waals surface area (Å²) in [7, 11) is 6.39. The standard InChI is InChI=1S/C30H32N2O6/c1-35-23-10-9-18(15-24(23)36-2)11-13-31-29(33)27-20-7-5-6-8-21(20)30(34)32-14-12-19-16-25(37-3)26(38-4)17-22(19)28(27)32/h5-10,15-17,27-28H,11-14H2,1-4H3,(H,31,33)/t27-,28+/m1/s1. The van der Waals surface area contributed by atoms with Crippen LogP contribution in [0.25, 0.3) is 0 Å². The van der Waals surface area contributed by atoms with E-state index in [9.17, 15) is 9.59 Å². The van der Waals surface area contributed by atoms with Crippen molar-refractivity contribution in [3.63, 3.8) is 0 Å². The Morgan fingerprint density at radius 2 is 1.55 bits per heavy atom. The van der Waals surface area contributed by atoms with Crippen LogP contribution >= 0.6 is 0 Å². The van der Waals surface area contributed by atoms with E-state index in [-0.39, 0.29) is 11.8 Å². The van der Waals surface area contributed by atoms with Gasteiger partial charge in [0.25, 0.3) is 5.91 Å². The fourth-order valence-electron chi connectivity index (χ4n) is 5.61. The highest BCUT2D eigenvalue weighted by atomic mass is 16.5. The molecule has 0 fully saturated rings. The molecule has 3 aromatic carbocycles. The van der Waals surface area contributed by atoms with E-state index in [2.05, 4.69) is 5.32 Å². The molecule has 5 rings (SSSR count). The molecule has 2 aliphatic rings. The average Bonchev–Trinajstić information content (AvgIpc) is 2.96. The first kappa shape index (κ1) is 25.4. The minimum Gasteiger partial charge on any atom is -0.493 e. The zero-order valence-electron chi connectivity index (χ0n) is 22.1. The van der Waals surface area contributed by atoms with Gasteiger partial charge in [0.05, 0.1) is 40.4 Å². The molecule has 2 atom stereocenters. The normalized spacial score (nSPS) is 17.6. The molecule has 0 aromatic heterocycles. The highest BCUT2D eigenvalue weighted by molar-refractivity contribution is 6.01. The number of rotatable bonds is 8. The monoisotopic (exact) mass is 516 g/mol. The molecule has 0 saturated carbocycles. The van der Waals surface area contributed by atoms with Crippen molar-refractivity contribution in [2.75, 3.05) is 41.5 Å². The second-order valence-electron chi connectivity index (χ2n) is 9.39. The van der Waals surface area contributed by atoms with Crippen molar-refractivity contribution in [3.05, 3.63) is 82.4 Å². The van der Waals surface area contributed by atoms with E-state index < -0.39 is 12.0 Å². The lowest BCUT2D eigenvalue weighted by Crippen LogP contribution is -2.50. The Bertz CT molecular complexity index is 1370. The number of fused-ring (bicyclic) bond motifs is 4. The number of ether oxygens (including phenoxy) is 4. The maximum atomic E-state index is 13.9. The van der Waals surface area contributed by atoms with Crippen LogP contribution in [0.3, 0.4) is 0 Å². The van der Waals surface area contributed by atoms with Crippen molar-refractivity contribution >= 4 is 11.8 Å². The Morgan fingerprint density at radius 1 is 0.868 bits per heavy atom. The van der Waals surface area contributed by atoms with E-state index >= 15 is 0 Å². The van der Waals surface area contributed by atoms with Gasteiger partial charge in [-0.05, 0) is 65.4 Å². The van der Waals surface area contributed by atoms with Crippen molar-refractivity contribution in [3.8, 4) is 23.0 Å². The zero-order valence-corrected chi connectivity index (χ0v) is 22.1. The molecule has 0 spiro atoms. The van der Waals surface area contributed by atoms with Gasteiger partial charge in [0, 0.05) is 18.7 Å². The molecular weight excluding hydrogens is 484 g/mol. The van der Waals surface area contributed by atoms with Gasteiger partial charge in [0.15, 0.2) is 23.0 Å². The minimum atomic E-state index is -0.563. The molecule has 8 heteroatoms. The van der Waals surface area contributed by atoms with Crippen LogP contribution in [-0.4, -0.2) is 58.2 Å². The van der Waals surface area contributed by atoms with E-state index in [0.29, 0.717) is 54.5 Å². The minimum absolute atomic E-state index is 0.0552. The van der Waals surface area contributed by atoms with Crippen LogP contribution in [0.4, 0.5) is 0 Å². The lowest BCUT2D eigenvalue weighted by atomic mass is 9.75. The summed E-state index contributed by atoms with van der Waals surface area (Å²) < 4.78 is 21.8. The third kappa shape index (κ3) is 4.40. The third-order valence-corrected chi connectivity index (χ3v) is 7.47. The van der Waals surface area contributed by atoms with Crippen LogP contribution in [0.2, 0.25) is 0 Å². The number of carbonyl (C=O) groups excluding carboxylic acids is 2. The number of benzene rings is 3. The first-order valence-corrected chi connectivity index (χ1v) is 12.6. The Balaban J connectivity index is 1.46. The van der Waals surface area contributed by atoms with Gasteiger partial charge >= 0.3 is 0 Å². The molecule has 8 nitrogen and oxygen atoms in total. The molecular formula is C30H32N2O6. The third-order valence-electron chi connectivity index (χ3n) is 7.47. The van der Waals surface area contributed by atoms with Gasteiger partial charge in [-0.25, -0.2) is 0 Å². The smallest absolute Gasteiger partial charge is 0.254 e. The van der Waals surface area contributed by atoms with Crippen LogP contribution < -0.4 is 24.3 Å². The molecule has 0 bridgehead atoms. The Morgan fingerprint density at radius 3 is 2.29 bits per heavy atom. The van der Waals surface area contributed by atoms with E-state index in [1.807, 2.05) is 59.5 Å². The topological polar surface area (TPSA) is 86.3 Å².